The van der Waals surface area contributed by atoms with Crippen LogP contribution in [-0.2, 0) is 65.4 Å². The molecule has 4 unspecified atom stereocenters. The van der Waals surface area contributed by atoms with E-state index in [9.17, 15) is 43.2 Å². The molecule has 0 heterocycles. The first-order chi connectivity index (χ1) is 49.9. The van der Waals surface area contributed by atoms with E-state index >= 15 is 0 Å². The first-order valence-corrected chi connectivity index (χ1v) is 46.6. The van der Waals surface area contributed by atoms with Crippen LogP contribution in [0.15, 0.2) is 0 Å². The third-order valence-electron chi connectivity index (χ3n) is 20.4. The van der Waals surface area contributed by atoms with Crippen LogP contribution in [0.25, 0.3) is 0 Å². The smallest absolute Gasteiger partial charge is 0.462 e. The molecule has 0 spiro atoms. The number of carbonyl (C=O) groups is 4. The van der Waals surface area contributed by atoms with Crippen molar-refractivity contribution < 1.29 is 80.2 Å². The summed E-state index contributed by atoms with van der Waals surface area (Å²) in [6, 6.07) is 0. The molecule has 0 amide bonds. The molecule has 0 aliphatic rings. The fraction of sp³-hybridized carbons (Fsp3) is 0.952. The molecule has 0 rings (SSSR count). The third-order valence-corrected chi connectivity index (χ3v) is 22.3. The molecule has 103 heavy (non-hydrogen) atoms. The lowest BCUT2D eigenvalue weighted by atomic mass is 9.99. The predicted molar refractivity (Wildman–Crippen MR) is 423 cm³/mol. The average Bonchev–Trinajstić information content (AvgIpc) is 0.910. The fourth-order valence-electron chi connectivity index (χ4n) is 13.0. The normalized spacial score (nSPS) is 14.4. The Labute approximate surface area is 632 Å². The predicted octanol–water partition coefficient (Wildman–Crippen LogP) is 25.5. The second-order valence-corrected chi connectivity index (χ2v) is 33.6. The van der Waals surface area contributed by atoms with Gasteiger partial charge < -0.3 is 33.8 Å². The van der Waals surface area contributed by atoms with Gasteiger partial charge in [-0.05, 0) is 37.5 Å². The van der Waals surface area contributed by atoms with Crippen molar-refractivity contribution >= 4 is 39.5 Å². The molecule has 0 radical (unpaired) electrons. The molecule has 0 aromatic heterocycles. The van der Waals surface area contributed by atoms with E-state index in [1.54, 1.807) is 0 Å². The van der Waals surface area contributed by atoms with Gasteiger partial charge in [0.2, 0.25) is 0 Å². The van der Waals surface area contributed by atoms with Crippen LogP contribution in [0, 0.1) is 11.8 Å². The highest BCUT2D eigenvalue weighted by Gasteiger charge is 2.30. The molecular weight excluding hydrogens is 1340 g/mol. The fourth-order valence-corrected chi connectivity index (χ4v) is 14.6. The zero-order valence-corrected chi connectivity index (χ0v) is 69.4. The molecule has 19 heteroatoms. The maximum atomic E-state index is 13.1. The number of ether oxygens (including phenoxy) is 4. The molecule has 0 aliphatic heterocycles. The Hall–Kier alpha value is -1.94. The summed E-state index contributed by atoms with van der Waals surface area (Å²) in [6.45, 7) is 9.69. The van der Waals surface area contributed by atoms with Crippen LogP contribution in [0.3, 0.4) is 0 Å². The van der Waals surface area contributed by atoms with Gasteiger partial charge in [0.1, 0.15) is 19.3 Å². The molecule has 0 saturated carbocycles. The minimum Gasteiger partial charge on any atom is -0.462 e. The van der Waals surface area contributed by atoms with E-state index in [1.807, 2.05) is 0 Å². The summed E-state index contributed by atoms with van der Waals surface area (Å²) in [5.41, 5.74) is 0. The van der Waals surface area contributed by atoms with Crippen molar-refractivity contribution in [1.82, 2.24) is 0 Å². The Kier molecular flexibility index (Phi) is 74.1. The van der Waals surface area contributed by atoms with Gasteiger partial charge in [0, 0.05) is 25.7 Å². The number of aliphatic hydroxyl groups is 1. The second kappa shape index (κ2) is 75.5. The largest absolute Gasteiger partial charge is 0.472 e. The number of phosphoric acid groups is 2. The van der Waals surface area contributed by atoms with Crippen LogP contribution in [0.2, 0.25) is 0 Å². The summed E-state index contributed by atoms with van der Waals surface area (Å²) in [4.78, 5) is 73.1. The lowest BCUT2D eigenvalue weighted by molar-refractivity contribution is -0.161. The van der Waals surface area contributed by atoms with Crippen LogP contribution in [0.1, 0.15) is 446 Å². The zero-order valence-electron chi connectivity index (χ0n) is 67.6. The molecule has 0 fully saturated rings. The van der Waals surface area contributed by atoms with E-state index in [1.165, 1.54) is 257 Å². The number of phosphoric ester groups is 2. The Morgan fingerprint density at radius 1 is 0.272 bits per heavy atom. The molecule has 3 N–H and O–H groups in total. The molecule has 612 valence electrons. The van der Waals surface area contributed by atoms with Gasteiger partial charge in [-0.15, -0.1) is 0 Å². The van der Waals surface area contributed by atoms with E-state index < -0.39 is 97.5 Å². The van der Waals surface area contributed by atoms with Crippen LogP contribution < -0.4 is 0 Å². The van der Waals surface area contributed by atoms with E-state index in [4.69, 9.17) is 37.0 Å². The highest BCUT2D eigenvalue weighted by Crippen LogP contribution is 2.45. The van der Waals surface area contributed by atoms with E-state index in [-0.39, 0.29) is 25.7 Å². The molecule has 0 aliphatic carbocycles. The lowest BCUT2D eigenvalue weighted by Gasteiger charge is -2.21. The molecule has 7 atom stereocenters. The molecule has 0 bridgehead atoms. The van der Waals surface area contributed by atoms with Crippen LogP contribution in [0.5, 0.6) is 0 Å². The lowest BCUT2D eigenvalue weighted by Crippen LogP contribution is -2.30. The van der Waals surface area contributed by atoms with E-state index in [2.05, 4.69) is 41.5 Å². The minimum atomic E-state index is -4.96. The van der Waals surface area contributed by atoms with Gasteiger partial charge >= 0.3 is 39.5 Å². The monoisotopic (exact) mass is 1510 g/mol. The first kappa shape index (κ1) is 101. The summed E-state index contributed by atoms with van der Waals surface area (Å²) in [6.07, 6.45) is 66.6. The number of esters is 4. The standard InChI is InChI=1S/C84H164O17P2/c1-7-11-13-15-17-19-21-23-25-32-35-39-43-47-54-60-66-81(86)94-72-79(100-83(88)68-63-57-49-45-41-37-33-29-27-26-28-31-34-38-42-46-52-58-64-76(5)9-3)74-98-102(90,91)96-70-78(85)71-97-103(92,93)99-75-80(73-95-82(87)67-61-55-51-50-53-59-65-77(6)10-4)101-84(89)69-62-56-48-44-40-36-30-24-22-20-18-16-14-12-8-2/h76-80,85H,7-75H2,1-6H3,(H,90,91)(H,92,93)/t76?,77?,78-,79-,80-/m1/s1. The van der Waals surface area contributed by atoms with Crippen molar-refractivity contribution in [3.8, 4) is 0 Å². The van der Waals surface area contributed by atoms with Crippen LogP contribution in [-0.4, -0.2) is 96.7 Å². The maximum absolute atomic E-state index is 13.1. The van der Waals surface area contributed by atoms with Crippen molar-refractivity contribution in [3.05, 3.63) is 0 Å². The van der Waals surface area contributed by atoms with Gasteiger partial charge in [0.15, 0.2) is 12.2 Å². The topological polar surface area (TPSA) is 237 Å². The Balaban J connectivity index is 5.22. The highest BCUT2D eigenvalue weighted by molar-refractivity contribution is 7.47. The molecule has 17 nitrogen and oxygen atoms in total. The van der Waals surface area contributed by atoms with E-state index in [0.717, 1.165) is 108 Å². The summed E-state index contributed by atoms with van der Waals surface area (Å²) in [5, 5.41) is 10.7. The minimum absolute atomic E-state index is 0.107. The Morgan fingerprint density at radius 3 is 0.689 bits per heavy atom. The quantitative estimate of drug-likeness (QED) is 0.0222. The molecule has 0 saturated heterocycles. The van der Waals surface area contributed by atoms with Gasteiger partial charge in [-0.1, -0.05) is 395 Å². The summed E-state index contributed by atoms with van der Waals surface area (Å²) >= 11 is 0. The number of rotatable bonds is 83. The maximum Gasteiger partial charge on any atom is 0.472 e. The number of hydrogen-bond acceptors (Lipinski definition) is 15. The summed E-state index contributed by atoms with van der Waals surface area (Å²) in [5.74, 6) is -0.503. The summed E-state index contributed by atoms with van der Waals surface area (Å²) in [7, 11) is -9.92. The summed E-state index contributed by atoms with van der Waals surface area (Å²) < 4.78 is 68.8. The molecule has 0 aromatic carbocycles. The van der Waals surface area contributed by atoms with Crippen molar-refractivity contribution in [3.63, 3.8) is 0 Å². The number of hydrogen-bond donors (Lipinski definition) is 3. The molecular formula is C84H164O17P2. The zero-order chi connectivity index (χ0) is 75.6. The van der Waals surface area contributed by atoms with Crippen molar-refractivity contribution in [1.29, 1.82) is 0 Å². The van der Waals surface area contributed by atoms with Gasteiger partial charge in [-0.25, -0.2) is 9.13 Å². The van der Waals surface area contributed by atoms with Gasteiger partial charge in [0.05, 0.1) is 26.4 Å². The van der Waals surface area contributed by atoms with E-state index in [0.29, 0.717) is 25.7 Å². The van der Waals surface area contributed by atoms with Gasteiger partial charge in [-0.2, -0.15) is 0 Å². The van der Waals surface area contributed by atoms with Crippen molar-refractivity contribution in [2.45, 2.75) is 464 Å². The first-order valence-electron chi connectivity index (χ1n) is 43.6. The number of aliphatic hydroxyl groups excluding tert-OH is 1. The highest BCUT2D eigenvalue weighted by atomic mass is 31.2. The van der Waals surface area contributed by atoms with Crippen LogP contribution >= 0.6 is 15.6 Å². The SMILES string of the molecule is CCCCCCCCCCCCCCCCCCC(=O)OC[C@H](COP(=O)(O)OC[C@@H](O)COP(=O)(O)OC[C@@H](COC(=O)CCCCCCCCC(C)CC)OC(=O)CCCCCCCCCCCCCCCCC)OC(=O)CCCCCCCCCCCCCCCCCCCCC(C)CC. The number of unbranched alkanes of at least 4 members (excludes halogenated alkanes) is 51. The average molecular weight is 1510 g/mol. The van der Waals surface area contributed by atoms with Gasteiger partial charge in [-0.3, -0.25) is 37.3 Å². The number of carbonyl (C=O) groups excluding carboxylic acids is 4. The molecule has 0 aromatic rings. The van der Waals surface area contributed by atoms with Crippen LogP contribution in [0.4, 0.5) is 0 Å². The van der Waals surface area contributed by atoms with Crippen molar-refractivity contribution in [2.24, 2.45) is 11.8 Å². The Bertz CT molecular complexity index is 1980. The van der Waals surface area contributed by atoms with Crippen molar-refractivity contribution in [2.75, 3.05) is 39.6 Å². The third kappa shape index (κ3) is 75.3. The Morgan fingerprint density at radius 2 is 0.466 bits per heavy atom. The second-order valence-electron chi connectivity index (χ2n) is 30.7. The van der Waals surface area contributed by atoms with Gasteiger partial charge in [0.25, 0.3) is 0 Å².